The van der Waals surface area contributed by atoms with Gasteiger partial charge in [-0.25, -0.2) is 9.78 Å². The molecule has 0 saturated carbocycles. The molecule has 3 rings (SSSR count). The fraction of sp³-hybridized carbons (Fsp3) is 0. The Morgan fingerprint density at radius 2 is 1.75 bits per heavy atom. The third kappa shape index (κ3) is 3.88. The van der Waals surface area contributed by atoms with Crippen molar-refractivity contribution in [1.82, 2.24) is 9.97 Å². The van der Waals surface area contributed by atoms with E-state index in [9.17, 15) is 4.79 Å². The van der Waals surface area contributed by atoms with Crippen molar-refractivity contribution < 1.29 is 9.90 Å². The van der Waals surface area contributed by atoms with Crippen molar-refractivity contribution in [3.05, 3.63) is 70.8 Å². The van der Waals surface area contributed by atoms with E-state index >= 15 is 0 Å². The smallest absolute Gasteiger partial charge is 0.335 e. The normalized spacial score (nSPS) is 10.2. The molecule has 0 radical (unpaired) electrons. The molecule has 1 aromatic heterocycles. The summed E-state index contributed by atoms with van der Waals surface area (Å²) in [6.45, 7) is 0. The maximum absolute atomic E-state index is 11.0. The van der Waals surface area contributed by atoms with E-state index in [1.165, 1.54) is 12.1 Å². The molecule has 2 aromatic carbocycles. The van der Waals surface area contributed by atoms with Crippen LogP contribution in [0.25, 0.3) is 0 Å². The highest BCUT2D eigenvalue weighted by atomic mass is 79.9. The number of aromatic carboxylic acids is 1. The molecule has 0 saturated heterocycles. The molecule has 6 nitrogen and oxygen atoms in total. The number of carboxylic acid groups (broad SMARTS) is 1. The summed E-state index contributed by atoms with van der Waals surface area (Å²) in [5.74, 6) is -0.0194. The van der Waals surface area contributed by atoms with Gasteiger partial charge in [0.2, 0.25) is 5.95 Å². The number of anilines is 4. The van der Waals surface area contributed by atoms with Gasteiger partial charge in [0.15, 0.2) is 0 Å². The third-order valence-corrected chi connectivity index (χ3v) is 3.73. The Kier molecular flexibility index (Phi) is 4.72. The fourth-order valence-electron chi connectivity index (χ4n) is 2.03. The standard InChI is InChI=1S/C17H13BrN4O2/c18-14-10-19-17(21-13-8-4-5-11(9-13)16(23)24)22-15(14)20-12-6-2-1-3-7-12/h1-10H,(H,23,24)(H2,19,20,21,22). The number of aromatic nitrogens is 2. The number of benzene rings is 2. The van der Waals surface area contributed by atoms with Crippen molar-refractivity contribution in [3.63, 3.8) is 0 Å². The van der Waals surface area contributed by atoms with Gasteiger partial charge >= 0.3 is 5.97 Å². The molecular formula is C17H13BrN4O2. The lowest BCUT2D eigenvalue weighted by Gasteiger charge is -2.10. The van der Waals surface area contributed by atoms with Crippen LogP contribution in [0, 0.1) is 0 Å². The highest BCUT2D eigenvalue weighted by Gasteiger charge is 2.08. The Labute approximate surface area is 146 Å². The van der Waals surface area contributed by atoms with Crippen molar-refractivity contribution >= 4 is 45.0 Å². The predicted octanol–water partition coefficient (Wildman–Crippen LogP) is 4.42. The molecule has 120 valence electrons. The van der Waals surface area contributed by atoms with Gasteiger partial charge in [-0.15, -0.1) is 0 Å². The van der Waals surface area contributed by atoms with Crippen molar-refractivity contribution in [3.8, 4) is 0 Å². The Morgan fingerprint density at radius 1 is 1.00 bits per heavy atom. The average Bonchev–Trinajstić information content (AvgIpc) is 2.59. The van der Waals surface area contributed by atoms with Gasteiger partial charge in [-0.1, -0.05) is 24.3 Å². The predicted molar refractivity (Wildman–Crippen MR) is 96.1 cm³/mol. The van der Waals surface area contributed by atoms with Crippen LogP contribution >= 0.6 is 15.9 Å². The van der Waals surface area contributed by atoms with Crippen LogP contribution < -0.4 is 10.6 Å². The van der Waals surface area contributed by atoms with E-state index in [-0.39, 0.29) is 5.56 Å². The van der Waals surface area contributed by atoms with Gasteiger partial charge in [-0.3, -0.25) is 0 Å². The molecule has 3 aromatic rings. The molecule has 0 aliphatic heterocycles. The summed E-state index contributed by atoms with van der Waals surface area (Å²) in [5.41, 5.74) is 1.69. The Bertz CT molecular complexity index is 871. The Balaban J connectivity index is 1.83. The number of hydrogen-bond donors (Lipinski definition) is 3. The third-order valence-electron chi connectivity index (χ3n) is 3.15. The fourth-order valence-corrected chi connectivity index (χ4v) is 2.32. The molecule has 0 aliphatic carbocycles. The van der Waals surface area contributed by atoms with Crippen LogP contribution in [0.2, 0.25) is 0 Å². The number of nitrogens with one attached hydrogen (secondary N) is 2. The molecule has 0 unspecified atom stereocenters. The highest BCUT2D eigenvalue weighted by Crippen LogP contribution is 2.25. The molecule has 0 spiro atoms. The number of carboxylic acids is 1. The Hall–Kier alpha value is -2.93. The summed E-state index contributed by atoms with van der Waals surface area (Å²) in [6.07, 6.45) is 1.63. The summed E-state index contributed by atoms with van der Waals surface area (Å²) >= 11 is 3.41. The summed E-state index contributed by atoms with van der Waals surface area (Å²) in [6, 6.07) is 16.1. The first-order chi connectivity index (χ1) is 11.6. The Morgan fingerprint density at radius 3 is 2.50 bits per heavy atom. The minimum absolute atomic E-state index is 0.194. The minimum Gasteiger partial charge on any atom is -0.478 e. The number of para-hydroxylation sites is 1. The van der Waals surface area contributed by atoms with Crippen LogP contribution in [-0.4, -0.2) is 21.0 Å². The van der Waals surface area contributed by atoms with E-state index in [1.807, 2.05) is 30.3 Å². The second-order valence-electron chi connectivity index (χ2n) is 4.89. The van der Waals surface area contributed by atoms with E-state index in [4.69, 9.17) is 5.11 Å². The van der Waals surface area contributed by atoms with Crippen molar-refractivity contribution in [1.29, 1.82) is 0 Å². The van der Waals surface area contributed by atoms with Gasteiger partial charge in [0.05, 0.1) is 10.0 Å². The maximum Gasteiger partial charge on any atom is 0.335 e. The van der Waals surface area contributed by atoms with Crippen LogP contribution in [0.4, 0.5) is 23.1 Å². The number of nitrogens with zero attached hydrogens (tertiary/aromatic N) is 2. The summed E-state index contributed by atoms with van der Waals surface area (Å²) in [4.78, 5) is 19.6. The molecule has 24 heavy (non-hydrogen) atoms. The molecule has 0 aliphatic rings. The largest absolute Gasteiger partial charge is 0.478 e. The van der Waals surface area contributed by atoms with E-state index in [1.54, 1.807) is 18.3 Å². The molecule has 3 N–H and O–H groups in total. The molecule has 0 amide bonds. The van der Waals surface area contributed by atoms with Crippen LogP contribution in [-0.2, 0) is 0 Å². The summed E-state index contributed by atoms with van der Waals surface area (Å²) in [7, 11) is 0. The monoisotopic (exact) mass is 384 g/mol. The van der Waals surface area contributed by atoms with Crippen molar-refractivity contribution in [2.24, 2.45) is 0 Å². The van der Waals surface area contributed by atoms with Gasteiger partial charge in [-0.2, -0.15) is 4.98 Å². The average molecular weight is 385 g/mol. The lowest BCUT2D eigenvalue weighted by Crippen LogP contribution is -2.02. The number of hydrogen-bond acceptors (Lipinski definition) is 5. The lowest BCUT2D eigenvalue weighted by atomic mass is 10.2. The quantitative estimate of drug-likeness (QED) is 0.603. The van der Waals surface area contributed by atoms with E-state index in [0.29, 0.717) is 17.5 Å². The van der Waals surface area contributed by atoms with Crippen LogP contribution in [0.1, 0.15) is 10.4 Å². The zero-order chi connectivity index (χ0) is 16.9. The second-order valence-corrected chi connectivity index (χ2v) is 5.75. The second kappa shape index (κ2) is 7.10. The molecule has 0 atom stereocenters. The molecular weight excluding hydrogens is 372 g/mol. The highest BCUT2D eigenvalue weighted by molar-refractivity contribution is 9.10. The number of carbonyl (C=O) groups is 1. The van der Waals surface area contributed by atoms with E-state index in [0.717, 1.165) is 10.2 Å². The SMILES string of the molecule is O=C(O)c1cccc(Nc2ncc(Br)c(Nc3ccccc3)n2)c1. The molecule has 0 fully saturated rings. The molecule has 1 heterocycles. The van der Waals surface area contributed by atoms with Gasteiger partial charge < -0.3 is 15.7 Å². The van der Waals surface area contributed by atoms with E-state index in [2.05, 4.69) is 36.5 Å². The molecule has 7 heteroatoms. The first-order valence-corrected chi connectivity index (χ1v) is 7.86. The maximum atomic E-state index is 11.0. The van der Waals surface area contributed by atoms with Crippen molar-refractivity contribution in [2.75, 3.05) is 10.6 Å². The molecule has 0 bridgehead atoms. The summed E-state index contributed by atoms with van der Waals surface area (Å²) in [5, 5.41) is 15.2. The first-order valence-electron chi connectivity index (χ1n) is 7.07. The number of rotatable bonds is 5. The van der Waals surface area contributed by atoms with Gasteiger partial charge in [0.1, 0.15) is 5.82 Å². The summed E-state index contributed by atoms with van der Waals surface area (Å²) < 4.78 is 0.719. The lowest BCUT2D eigenvalue weighted by molar-refractivity contribution is 0.0697. The van der Waals surface area contributed by atoms with E-state index < -0.39 is 5.97 Å². The minimum atomic E-state index is -0.984. The van der Waals surface area contributed by atoms with Gasteiger partial charge in [-0.05, 0) is 46.3 Å². The van der Waals surface area contributed by atoms with Crippen LogP contribution in [0.3, 0.4) is 0 Å². The number of halogens is 1. The first kappa shape index (κ1) is 15.9. The zero-order valence-corrected chi connectivity index (χ0v) is 14.0. The van der Waals surface area contributed by atoms with Crippen molar-refractivity contribution in [2.45, 2.75) is 0 Å². The van der Waals surface area contributed by atoms with Gasteiger partial charge in [0, 0.05) is 17.6 Å². The topological polar surface area (TPSA) is 87.1 Å². The zero-order valence-electron chi connectivity index (χ0n) is 12.4. The van der Waals surface area contributed by atoms with Gasteiger partial charge in [0.25, 0.3) is 0 Å². The van der Waals surface area contributed by atoms with Crippen LogP contribution in [0.15, 0.2) is 65.3 Å². The van der Waals surface area contributed by atoms with Crippen LogP contribution in [0.5, 0.6) is 0 Å².